The molecule has 6 nitrogen and oxygen atoms in total. The molecule has 0 heterocycles. The summed E-state index contributed by atoms with van der Waals surface area (Å²) in [5, 5.41) is 2.55. The van der Waals surface area contributed by atoms with Crippen molar-refractivity contribution in [3.05, 3.63) is 24.3 Å². The van der Waals surface area contributed by atoms with Gasteiger partial charge in [-0.3, -0.25) is 4.79 Å². The van der Waals surface area contributed by atoms with Crippen LogP contribution < -0.4 is 15.8 Å². The van der Waals surface area contributed by atoms with Gasteiger partial charge >= 0.3 is 0 Å². The Balaban J connectivity index is 2.90. The minimum atomic E-state index is -3.68. The van der Waals surface area contributed by atoms with E-state index in [-0.39, 0.29) is 15.8 Å². The van der Waals surface area contributed by atoms with E-state index in [2.05, 4.69) is 10.0 Å². The normalized spacial score (nSPS) is 12.7. The zero-order chi connectivity index (χ0) is 14.6. The van der Waals surface area contributed by atoms with E-state index in [1.807, 2.05) is 0 Å². The highest BCUT2D eigenvalue weighted by molar-refractivity contribution is 7.89. The number of anilines is 1. The second kappa shape index (κ2) is 6.09. The van der Waals surface area contributed by atoms with E-state index in [1.165, 1.54) is 31.2 Å². The van der Waals surface area contributed by atoms with Crippen LogP contribution in [0.25, 0.3) is 0 Å². The van der Waals surface area contributed by atoms with Gasteiger partial charge in [-0.1, -0.05) is 12.2 Å². The maximum absolute atomic E-state index is 12.0. The second-order valence-corrected chi connectivity index (χ2v) is 6.14. The molecule has 1 aromatic rings. The minimum Gasteiger partial charge on any atom is -0.392 e. The van der Waals surface area contributed by atoms with Crippen LogP contribution in [0.5, 0.6) is 0 Å². The third-order valence-corrected chi connectivity index (χ3v) is 4.15. The van der Waals surface area contributed by atoms with Gasteiger partial charge in [-0.2, -0.15) is 0 Å². The summed E-state index contributed by atoms with van der Waals surface area (Å²) in [4.78, 5) is 11.0. The van der Waals surface area contributed by atoms with Gasteiger partial charge in [0.05, 0.1) is 15.9 Å². The van der Waals surface area contributed by atoms with Crippen LogP contribution in [0, 0.1) is 0 Å². The first-order chi connectivity index (χ1) is 8.72. The minimum absolute atomic E-state index is 0.0680. The molecule has 1 atom stereocenters. The number of carbonyl (C=O) groups is 1. The van der Waals surface area contributed by atoms with E-state index in [9.17, 15) is 13.2 Å². The number of carbonyl (C=O) groups excluding carboxylic acids is 1. The Kier molecular flexibility index (Phi) is 4.98. The van der Waals surface area contributed by atoms with Crippen LogP contribution in [0.3, 0.4) is 0 Å². The standard InChI is InChI=1S/C11H15N3O3S2/c1-7(11(12)18)14-19(16,17)10-5-3-9(4-6-10)13-8(2)15/h3-7,14H,1-2H3,(H2,12,18)(H,13,15). The lowest BCUT2D eigenvalue weighted by Gasteiger charge is -2.13. The summed E-state index contributed by atoms with van der Waals surface area (Å²) >= 11 is 4.71. The molecule has 0 bridgehead atoms. The Hall–Kier alpha value is -1.51. The molecule has 0 saturated carbocycles. The van der Waals surface area contributed by atoms with Gasteiger partial charge in [0.1, 0.15) is 0 Å². The summed E-state index contributed by atoms with van der Waals surface area (Å²) < 4.78 is 26.3. The Labute approximate surface area is 117 Å². The highest BCUT2D eigenvalue weighted by Crippen LogP contribution is 2.14. The lowest BCUT2D eigenvalue weighted by Crippen LogP contribution is -2.41. The molecule has 0 aromatic heterocycles. The van der Waals surface area contributed by atoms with E-state index in [1.54, 1.807) is 6.92 Å². The number of amides is 1. The summed E-state index contributed by atoms with van der Waals surface area (Å²) in [6, 6.07) is 5.15. The third kappa shape index (κ3) is 4.58. The predicted octanol–water partition coefficient (Wildman–Crippen LogP) is 0.598. The van der Waals surface area contributed by atoms with E-state index >= 15 is 0 Å². The van der Waals surface area contributed by atoms with Crippen LogP contribution in [-0.4, -0.2) is 25.4 Å². The van der Waals surface area contributed by atoms with Crippen molar-refractivity contribution in [2.24, 2.45) is 5.73 Å². The molecule has 0 aliphatic heterocycles. The molecule has 8 heteroatoms. The van der Waals surface area contributed by atoms with Gasteiger partial charge < -0.3 is 11.1 Å². The largest absolute Gasteiger partial charge is 0.392 e. The fourth-order valence-electron chi connectivity index (χ4n) is 1.28. The van der Waals surface area contributed by atoms with Crippen molar-refractivity contribution < 1.29 is 13.2 Å². The number of benzene rings is 1. The lowest BCUT2D eigenvalue weighted by atomic mass is 10.3. The van der Waals surface area contributed by atoms with Crippen LogP contribution in [0.15, 0.2) is 29.2 Å². The SMILES string of the molecule is CC(=O)Nc1ccc(S(=O)(=O)NC(C)C(N)=S)cc1. The number of rotatable bonds is 5. The number of hydrogen-bond donors (Lipinski definition) is 3. The molecule has 1 aromatic carbocycles. The maximum atomic E-state index is 12.0. The number of hydrogen-bond acceptors (Lipinski definition) is 4. The number of thiocarbonyl (C=S) groups is 1. The molecule has 104 valence electrons. The summed E-state index contributed by atoms with van der Waals surface area (Å²) in [6.45, 7) is 2.93. The third-order valence-electron chi connectivity index (χ3n) is 2.24. The number of nitrogens with two attached hydrogens (primary N) is 1. The predicted molar refractivity (Wildman–Crippen MR) is 77.3 cm³/mol. The zero-order valence-electron chi connectivity index (χ0n) is 10.5. The van der Waals surface area contributed by atoms with Gasteiger partial charge in [0.15, 0.2) is 0 Å². The van der Waals surface area contributed by atoms with Crippen LogP contribution in [0.2, 0.25) is 0 Å². The number of nitrogens with one attached hydrogen (secondary N) is 2. The smallest absolute Gasteiger partial charge is 0.241 e. The molecule has 0 fully saturated rings. The van der Waals surface area contributed by atoms with Gasteiger partial charge in [0.2, 0.25) is 15.9 Å². The molecule has 0 aliphatic rings. The summed E-state index contributed by atoms with van der Waals surface area (Å²) in [5.74, 6) is -0.226. The van der Waals surface area contributed by atoms with Crippen LogP contribution in [-0.2, 0) is 14.8 Å². The molecule has 1 rings (SSSR count). The Morgan fingerprint density at radius 3 is 2.26 bits per heavy atom. The average Bonchev–Trinajstić information content (AvgIpc) is 2.28. The van der Waals surface area contributed by atoms with Crippen molar-refractivity contribution in [3.63, 3.8) is 0 Å². The Morgan fingerprint density at radius 2 is 1.84 bits per heavy atom. The summed E-state index contributed by atoms with van der Waals surface area (Å²) in [6.07, 6.45) is 0. The van der Waals surface area contributed by atoms with Crippen LogP contribution >= 0.6 is 12.2 Å². The van der Waals surface area contributed by atoms with E-state index in [0.29, 0.717) is 5.69 Å². The van der Waals surface area contributed by atoms with Crippen LogP contribution in [0.1, 0.15) is 13.8 Å². The van der Waals surface area contributed by atoms with Gasteiger partial charge in [-0.15, -0.1) is 0 Å². The molecule has 0 aliphatic carbocycles. The molecule has 1 unspecified atom stereocenters. The molecule has 0 saturated heterocycles. The first kappa shape index (κ1) is 15.5. The highest BCUT2D eigenvalue weighted by atomic mass is 32.2. The molecule has 19 heavy (non-hydrogen) atoms. The second-order valence-electron chi connectivity index (χ2n) is 3.95. The van der Waals surface area contributed by atoms with Gasteiger partial charge in [0, 0.05) is 12.6 Å². The summed E-state index contributed by atoms with van der Waals surface area (Å²) in [7, 11) is -3.68. The number of sulfonamides is 1. The summed E-state index contributed by atoms with van der Waals surface area (Å²) in [5.41, 5.74) is 5.88. The van der Waals surface area contributed by atoms with Crippen molar-refractivity contribution in [1.29, 1.82) is 0 Å². The molecule has 0 spiro atoms. The van der Waals surface area contributed by atoms with Crippen molar-refractivity contribution in [2.75, 3.05) is 5.32 Å². The average molecular weight is 301 g/mol. The highest BCUT2D eigenvalue weighted by Gasteiger charge is 2.18. The first-order valence-corrected chi connectivity index (χ1v) is 7.31. The molecule has 1 amide bonds. The van der Waals surface area contributed by atoms with Crippen molar-refractivity contribution >= 4 is 38.8 Å². The van der Waals surface area contributed by atoms with E-state index in [0.717, 1.165) is 0 Å². The van der Waals surface area contributed by atoms with Crippen molar-refractivity contribution in [2.45, 2.75) is 24.8 Å². The van der Waals surface area contributed by atoms with Gasteiger partial charge in [-0.05, 0) is 31.2 Å². The quantitative estimate of drug-likeness (QED) is 0.691. The van der Waals surface area contributed by atoms with Crippen molar-refractivity contribution in [3.8, 4) is 0 Å². The molecular formula is C11H15N3O3S2. The van der Waals surface area contributed by atoms with Gasteiger partial charge in [-0.25, -0.2) is 13.1 Å². The molecular weight excluding hydrogens is 286 g/mol. The molecule has 4 N–H and O–H groups in total. The molecule has 0 radical (unpaired) electrons. The van der Waals surface area contributed by atoms with E-state index < -0.39 is 16.1 Å². The monoisotopic (exact) mass is 301 g/mol. The van der Waals surface area contributed by atoms with E-state index in [4.69, 9.17) is 18.0 Å². The topological polar surface area (TPSA) is 101 Å². The van der Waals surface area contributed by atoms with Crippen LogP contribution in [0.4, 0.5) is 5.69 Å². The van der Waals surface area contributed by atoms with Crippen molar-refractivity contribution in [1.82, 2.24) is 4.72 Å². The Morgan fingerprint density at radius 1 is 1.32 bits per heavy atom. The lowest BCUT2D eigenvalue weighted by molar-refractivity contribution is -0.114. The fourth-order valence-corrected chi connectivity index (χ4v) is 2.64. The Bertz CT molecular complexity index is 582. The first-order valence-electron chi connectivity index (χ1n) is 5.41. The van der Waals surface area contributed by atoms with Gasteiger partial charge in [0.25, 0.3) is 0 Å². The zero-order valence-corrected chi connectivity index (χ0v) is 12.1. The maximum Gasteiger partial charge on any atom is 0.241 e. The fraction of sp³-hybridized carbons (Fsp3) is 0.273.